The van der Waals surface area contributed by atoms with Crippen molar-refractivity contribution in [1.29, 1.82) is 0 Å². The molecule has 68 heavy (non-hydrogen) atoms. The lowest BCUT2D eigenvalue weighted by molar-refractivity contribution is 0.627. The predicted molar refractivity (Wildman–Crippen MR) is 279 cm³/mol. The zero-order chi connectivity index (χ0) is 46.5. The molecule has 0 unspecified atom stereocenters. The Bertz CT molecular complexity index is 3220. The molecule has 0 saturated heterocycles. The molecule has 0 N–H and O–H groups in total. The molecular weight excluding hydrogens is 839 g/mol. The minimum atomic E-state index is -0.284. The Morgan fingerprint density at radius 3 is 0.809 bits per heavy atom. The Kier molecular flexibility index (Phi) is 10.8. The van der Waals surface area contributed by atoms with E-state index in [2.05, 4.69) is 216 Å². The summed E-state index contributed by atoms with van der Waals surface area (Å²) in [5.74, 6) is -0.568. The van der Waals surface area contributed by atoms with Gasteiger partial charge in [0.25, 0.3) is 0 Å². The Labute approximate surface area is 395 Å². The van der Waals surface area contributed by atoms with Gasteiger partial charge in [0.15, 0.2) is 0 Å². The molecule has 0 aliphatic carbocycles. The smallest absolute Gasteiger partial charge is 0.123 e. The van der Waals surface area contributed by atoms with Gasteiger partial charge in [0, 0.05) is 56.3 Å². The van der Waals surface area contributed by atoms with Gasteiger partial charge < -0.3 is 18.9 Å². The standard InChI is InChI=1S/C62H48F2N4/c1-41-5-21-51(22-6-41)65(52-23-7-42(2)8-24-52)55-29-33-57(34-30-55)67-59(45-13-17-49(63)18-14-45)37-47-40-62-48(39-61(47)67)38-60(46-15-19-50(64)20-16-46)68(62)58-35-31-56(32-36-58)66(53-25-9-43(3)10-26-53)54-27-11-44(4)12-28-54/h5-40H,1-4H3. The van der Waals surface area contributed by atoms with Gasteiger partial charge in [0.1, 0.15) is 11.6 Å². The molecule has 2 aromatic heterocycles. The molecule has 2 heterocycles. The summed E-state index contributed by atoms with van der Waals surface area (Å²) in [6.45, 7) is 8.41. The molecule has 4 nitrogen and oxygen atoms in total. The average molecular weight is 887 g/mol. The Morgan fingerprint density at radius 2 is 0.544 bits per heavy atom. The van der Waals surface area contributed by atoms with E-state index in [9.17, 15) is 8.78 Å². The van der Waals surface area contributed by atoms with Crippen LogP contribution in [-0.2, 0) is 0 Å². The maximum Gasteiger partial charge on any atom is 0.123 e. The Hall–Kier alpha value is -8.48. The van der Waals surface area contributed by atoms with E-state index in [4.69, 9.17) is 0 Å². The van der Waals surface area contributed by atoms with Crippen molar-refractivity contribution in [3.63, 3.8) is 0 Å². The number of anilines is 6. The second kappa shape index (κ2) is 17.4. The predicted octanol–water partition coefficient (Wildman–Crippen LogP) is 17.4. The first-order valence-electron chi connectivity index (χ1n) is 22.9. The van der Waals surface area contributed by atoms with E-state index in [1.165, 1.54) is 46.5 Å². The number of hydrogen-bond acceptors (Lipinski definition) is 2. The SMILES string of the molecule is Cc1ccc(N(c2ccc(C)cc2)c2ccc(-n3c(-c4ccc(F)cc4)cc4cc5c(cc(-c6ccc(F)cc6)n5-c5ccc(N(c6ccc(C)cc6)c6ccc(C)cc6)cc5)cc43)cc2)cc1. The van der Waals surface area contributed by atoms with Gasteiger partial charge in [0.05, 0.1) is 22.4 Å². The van der Waals surface area contributed by atoms with Crippen molar-refractivity contribution in [2.45, 2.75) is 27.7 Å². The average Bonchev–Trinajstić information content (AvgIpc) is 3.92. The van der Waals surface area contributed by atoms with Crippen LogP contribution in [0, 0.1) is 39.3 Å². The van der Waals surface area contributed by atoms with E-state index < -0.39 is 0 Å². The highest BCUT2D eigenvalue weighted by Crippen LogP contribution is 2.42. The fraction of sp³-hybridized carbons (Fsp3) is 0.0645. The van der Waals surface area contributed by atoms with Crippen LogP contribution in [0.15, 0.2) is 218 Å². The quantitative estimate of drug-likeness (QED) is 0.136. The van der Waals surface area contributed by atoms with Crippen molar-refractivity contribution in [3.05, 3.63) is 252 Å². The van der Waals surface area contributed by atoms with Crippen molar-refractivity contribution in [3.8, 4) is 33.9 Å². The number of rotatable bonds is 10. The van der Waals surface area contributed by atoms with Gasteiger partial charge in [-0.25, -0.2) is 8.78 Å². The Morgan fingerprint density at radius 1 is 0.294 bits per heavy atom. The normalized spacial score (nSPS) is 11.4. The molecule has 0 bridgehead atoms. The maximum atomic E-state index is 14.5. The van der Waals surface area contributed by atoms with E-state index in [-0.39, 0.29) is 11.6 Å². The largest absolute Gasteiger partial charge is 0.311 e. The van der Waals surface area contributed by atoms with Crippen LogP contribution < -0.4 is 9.80 Å². The fourth-order valence-corrected chi connectivity index (χ4v) is 9.30. The molecule has 0 aliphatic heterocycles. The number of nitrogens with zero attached hydrogens (tertiary/aromatic N) is 4. The van der Waals surface area contributed by atoms with Crippen LogP contribution >= 0.6 is 0 Å². The van der Waals surface area contributed by atoms with Crippen LogP contribution in [0.3, 0.4) is 0 Å². The molecule has 0 fully saturated rings. The van der Waals surface area contributed by atoms with E-state index in [1.807, 2.05) is 24.3 Å². The van der Waals surface area contributed by atoms with E-state index in [1.54, 1.807) is 0 Å². The van der Waals surface area contributed by atoms with E-state index >= 15 is 0 Å². The molecule has 330 valence electrons. The van der Waals surface area contributed by atoms with Crippen molar-refractivity contribution < 1.29 is 8.78 Å². The number of halogens is 2. The maximum absolute atomic E-state index is 14.5. The lowest BCUT2D eigenvalue weighted by atomic mass is 10.1. The van der Waals surface area contributed by atoms with Gasteiger partial charge in [-0.3, -0.25) is 0 Å². The minimum absolute atomic E-state index is 0.284. The highest BCUT2D eigenvalue weighted by atomic mass is 19.1. The van der Waals surface area contributed by atoms with Gasteiger partial charge in [-0.15, -0.1) is 0 Å². The van der Waals surface area contributed by atoms with E-state index in [0.29, 0.717) is 0 Å². The molecule has 0 saturated carbocycles. The number of benzene rings is 9. The van der Waals surface area contributed by atoms with Gasteiger partial charge in [-0.1, -0.05) is 70.8 Å². The zero-order valence-electron chi connectivity index (χ0n) is 38.3. The molecule has 0 amide bonds. The van der Waals surface area contributed by atoms with Crippen LogP contribution in [0.5, 0.6) is 0 Å². The molecule has 0 aliphatic rings. The first-order valence-corrected chi connectivity index (χ1v) is 22.9. The van der Waals surface area contributed by atoms with Crippen LogP contribution in [-0.4, -0.2) is 9.13 Å². The summed E-state index contributed by atoms with van der Waals surface area (Å²) in [6, 6.07) is 74.0. The summed E-state index contributed by atoms with van der Waals surface area (Å²) in [5, 5.41) is 2.04. The Balaban J connectivity index is 1.07. The third-order valence-corrected chi connectivity index (χ3v) is 12.9. The summed E-state index contributed by atoms with van der Waals surface area (Å²) in [4.78, 5) is 4.55. The van der Waals surface area contributed by atoms with Crippen molar-refractivity contribution >= 4 is 55.9 Å². The topological polar surface area (TPSA) is 16.3 Å². The zero-order valence-corrected chi connectivity index (χ0v) is 38.3. The number of hydrogen-bond donors (Lipinski definition) is 0. The number of fused-ring (bicyclic) bond motifs is 2. The van der Waals surface area contributed by atoms with Crippen molar-refractivity contribution in [2.75, 3.05) is 9.80 Å². The molecule has 0 radical (unpaired) electrons. The number of aryl methyl sites for hydroxylation is 4. The van der Waals surface area contributed by atoms with Crippen LogP contribution in [0.2, 0.25) is 0 Å². The molecule has 6 heteroatoms. The second-order valence-corrected chi connectivity index (χ2v) is 17.8. The van der Waals surface area contributed by atoms with Gasteiger partial charge in [0.2, 0.25) is 0 Å². The lowest BCUT2D eigenvalue weighted by Crippen LogP contribution is -2.10. The van der Waals surface area contributed by atoms with E-state index in [0.717, 1.165) is 89.8 Å². The third-order valence-electron chi connectivity index (χ3n) is 12.9. The van der Waals surface area contributed by atoms with Gasteiger partial charge >= 0.3 is 0 Å². The highest BCUT2D eigenvalue weighted by molar-refractivity contribution is 6.02. The van der Waals surface area contributed by atoms with Crippen molar-refractivity contribution in [1.82, 2.24) is 9.13 Å². The first-order chi connectivity index (χ1) is 33.1. The van der Waals surface area contributed by atoms with Crippen LogP contribution in [0.25, 0.3) is 55.7 Å². The molecule has 9 aromatic carbocycles. The van der Waals surface area contributed by atoms with Crippen molar-refractivity contribution in [2.24, 2.45) is 0 Å². The van der Waals surface area contributed by atoms with Crippen LogP contribution in [0.4, 0.5) is 42.9 Å². The van der Waals surface area contributed by atoms with Gasteiger partial charge in [-0.05, 0) is 209 Å². The molecule has 11 aromatic rings. The molecule has 11 rings (SSSR count). The summed E-state index contributed by atoms with van der Waals surface area (Å²) in [7, 11) is 0. The third kappa shape index (κ3) is 8.00. The highest BCUT2D eigenvalue weighted by Gasteiger charge is 2.21. The molecular formula is C62H48F2N4. The summed E-state index contributed by atoms with van der Waals surface area (Å²) < 4.78 is 33.5. The first kappa shape index (κ1) is 42.2. The summed E-state index contributed by atoms with van der Waals surface area (Å²) in [5.41, 5.74) is 18.7. The number of aromatic nitrogens is 2. The summed E-state index contributed by atoms with van der Waals surface area (Å²) in [6.07, 6.45) is 0. The fourth-order valence-electron chi connectivity index (χ4n) is 9.30. The summed E-state index contributed by atoms with van der Waals surface area (Å²) >= 11 is 0. The monoisotopic (exact) mass is 886 g/mol. The van der Waals surface area contributed by atoms with Gasteiger partial charge in [-0.2, -0.15) is 0 Å². The molecule has 0 atom stereocenters. The van der Waals surface area contributed by atoms with Crippen LogP contribution in [0.1, 0.15) is 22.3 Å². The lowest BCUT2D eigenvalue weighted by Gasteiger charge is -2.26. The second-order valence-electron chi connectivity index (χ2n) is 17.8. The molecule has 0 spiro atoms. The minimum Gasteiger partial charge on any atom is -0.311 e.